The Morgan fingerprint density at radius 1 is 1.26 bits per heavy atom. The van der Waals surface area contributed by atoms with Crippen LogP contribution in [0.15, 0.2) is 35.8 Å². The quantitative estimate of drug-likeness (QED) is 0.664. The molecule has 5 nitrogen and oxygen atoms in total. The molecule has 0 saturated carbocycles. The van der Waals surface area contributed by atoms with Gasteiger partial charge in [0.1, 0.15) is 0 Å². The number of benzene rings is 1. The molecule has 2 heterocycles. The van der Waals surface area contributed by atoms with Crippen LogP contribution in [0.3, 0.4) is 0 Å². The summed E-state index contributed by atoms with van der Waals surface area (Å²) in [6, 6.07) is 5.00. The van der Waals surface area contributed by atoms with Crippen LogP contribution in [0.4, 0.5) is 0 Å². The zero-order valence-corrected chi connectivity index (χ0v) is 17.4. The van der Waals surface area contributed by atoms with Gasteiger partial charge in [0.25, 0.3) is 0 Å². The number of imidazole rings is 1. The number of piperidine rings is 1. The molecule has 0 radical (unpaired) electrons. The SMILES string of the molecule is CN=C(NCCc1c(C)cc(C)cc1C)N1CCC(C)C(n2ccnc2)C1. The minimum absolute atomic E-state index is 0.446. The van der Waals surface area contributed by atoms with E-state index in [-0.39, 0.29) is 0 Å². The molecule has 2 atom stereocenters. The smallest absolute Gasteiger partial charge is 0.193 e. The number of nitrogens with one attached hydrogen (secondary N) is 1. The van der Waals surface area contributed by atoms with Crippen LogP contribution in [0.2, 0.25) is 0 Å². The maximum atomic E-state index is 4.55. The van der Waals surface area contributed by atoms with E-state index in [0.29, 0.717) is 12.0 Å². The molecule has 0 bridgehead atoms. The van der Waals surface area contributed by atoms with E-state index in [9.17, 15) is 0 Å². The maximum absolute atomic E-state index is 4.55. The van der Waals surface area contributed by atoms with Crippen LogP contribution in [-0.2, 0) is 6.42 Å². The Kier molecular flexibility index (Phi) is 6.19. The molecule has 1 saturated heterocycles. The first-order valence-corrected chi connectivity index (χ1v) is 9.99. The number of rotatable bonds is 4. The summed E-state index contributed by atoms with van der Waals surface area (Å²) in [5.41, 5.74) is 5.56. The van der Waals surface area contributed by atoms with E-state index < -0.39 is 0 Å². The Bertz CT molecular complexity index is 755. The lowest BCUT2D eigenvalue weighted by Crippen LogP contribution is -2.49. The topological polar surface area (TPSA) is 45.5 Å². The van der Waals surface area contributed by atoms with E-state index in [4.69, 9.17) is 0 Å². The van der Waals surface area contributed by atoms with Crippen LogP contribution in [-0.4, -0.2) is 47.1 Å². The minimum Gasteiger partial charge on any atom is -0.356 e. The number of aromatic nitrogens is 2. The molecular formula is C22H33N5. The number of likely N-dealkylation sites (tertiary alicyclic amines) is 1. The molecule has 1 aliphatic heterocycles. The van der Waals surface area contributed by atoms with Crippen molar-refractivity contribution >= 4 is 5.96 Å². The zero-order valence-electron chi connectivity index (χ0n) is 17.4. The van der Waals surface area contributed by atoms with Gasteiger partial charge in [0.05, 0.1) is 12.4 Å². The van der Waals surface area contributed by atoms with Gasteiger partial charge in [0.2, 0.25) is 0 Å². The van der Waals surface area contributed by atoms with Gasteiger partial charge >= 0.3 is 0 Å². The van der Waals surface area contributed by atoms with Crippen molar-refractivity contribution in [2.45, 2.75) is 46.6 Å². The van der Waals surface area contributed by atoms with Gasteiger partial charge < -0.3 is 14.8 Å². The van der Waals surface area contributed by atoms with Crippen molar-refractivity contribution in [2.24, 2.45) is 10.9 Å². The summed E-state index contributed by atoms with van der Waals surface area (Å²) in [5, 5.41) is 3.59. The molecule has 5 heteroatoms. The number of aryl methyl sites for hydroxylation is 3. The Balaban J connectivity index is 1.61. The monoisotopic (exact) mass is 367 g/mol. The first-order chi connectivity index (χ1) is 13.0. The molecule has 0 spiro atoms. The average molecular weight is 368 g/mol. The summed E-state index contributed by atoms with van der Waals surface area (Å²) >= 11 is 0. The van der Waals surface area contributed by atoms with E-state index in [1.54, 1.807) is 0 Å². The predicted octanol–water partition coefficient (Wildman–Crippen LogP) is 3.51. The highest BCUT2D eigenvalue weighted by Crippen LogP contribution is 2.27. The summed E-state index contributed by atoms with van der Waals surface area (Å²) in [5.74, 6) is 1.65. The summed E-state index contributed by atoms with van der Waals surface area (Å²) in [6.45, 7) is 11.9. The number of aliphatic imine (C=N–C) groups is 1. The van der Waals surface area contributed by atoms with E-state index in [2.05, 4.69) is 70.8 Å². The van der Waals surface area contributed by atoms with Crippen LogP contribution in [0, 0.1) is 26.7 Å². The molecule has 2 unspecified atom stereocenters. The third-order valence-corrected chi connectivity index (χ3v) is 5.84. The van der Waals surface area contributed by atoms with E-state index in [1.807, 2.05) is 19.6 Å². The van der Waals surface area contributed by atoms with E-state index in [1.165, 1.54) is 28.7 Å². The van der Waals surface area contributed by atoms with Crippen molar-refractivity contribution in [1.82, 2.24) is 19.8 Å². The molecule has 2 aromatic rings. The van der Waals surface area contributed by atoms with Crippen molar-refractivity contribution in [3.05, 3.63) is 53.1 Å². The molecule has 1 aliphatic rings. The highest BCUT2D eigenvalue weighted by Gasteiger charge is 2.28. The lowest BCUT2D eigenvalue weighted by atomic mass is 9.93. The molecule has 3 rings (SSSR count). The van der Waals surface area contributed by atoms with Gasteiger partial charge in [-0.2, -0.15) is 0 Å². The second kappa shape index (κ2) is 8.59. The first kappa shape index (κ1) is 19.5. The summed E-state index contributed by atoms with van der Waals surface area (Å²) in [6.07, 6.45) is 8.06. The molecular weight excluding hydrogens is 334 g/mol. The van der Waals surface area contributed by atoms with Crippen molar-refractivity contribution in [1.29, 1.82) is 0 Å². The Morgan fingerprint density at radius 2 is 2.00 bits per heavy atom. The highest BCUT2D eigenvalue weighted by molar-refractivity contribution is 5.80. The van der Waals surface area contributed by atoms with E-state index >= 15 is 0 Å². The van der Waals surface area contributed by atoms with Gasteiger partial charge in [-0.25, -0.2) is 4.98 Å². The number of hydrogen-bond donors (Lipinski definition) is 1. The summed E-state index contributed by atoms with van der Waals surface area (Å²) in [4.78, 5) is 11.2. The van der Waals surface area contributed by atoms with Crippen molar-refractivity contribution in [2.75, 3.05) is 26.7 Å². The van der Waals surface area contributed by atoms with Gasteiger partial charge in [0.15, 0.2) is 5.96 Å². The van der Waals surface area contributed by atoms with E-state index in [0.717, 1.165) is 32.0 Å². The largest absolute Gasteiger partial charge is 0.356 e. The molecule has 1 N–H and O–H groups in total. The highest BCUT2D eigenvalue weighted by atomic mass is 15.3. The van der Waals surface area contributed by atoms with Gasteiger partial charge in [-0.05, 0) is 56.2 Å². The third-order valence-electron chi connectivity index (χ3n) is 5.84. The van der Waals surface area contributed by atoms with Gasteiger partial charge in [-0.3, -0.25) is 4.99 Å². The van der Waals surface area contributed by atoms with Crippen LogP contribution in [0.5, 0.6) is 0 Å². The molecule has 1 fully saturated rings. The van der Waals surface area contributed by atoms with Crippen molar-refractivity contribution < 1.29 is 0 Å². The molecule has 0 aliphatic carbocycles. The Hall–Kier alpha value is -2.30. The molecule has 0 amide bonds. The van der Waals surface area contributed by atoms with Crippen molar-refractivity contribution in [3.63, 3.8) is 0 Å². The van der Waals surface area contributed by atoms with Crippen LogP contribution >= 0.6 is 0 Å². The van der Waals surface area contributed by atoms with Crippen LogP contribution in [0.1, 0.15) is 41.6 Å². The number of nitrogens with zero attached hydrogens (tertiary/aromatic N) is 4. The molecule has 1 aromatic heterocycles. The lowest BCUT2D eigenvalue weighted by Gasteiger charge is -2.39. The number of hydrogen-bond acceptors (Lipinski definition) is 2. The fraction of sp³-hybridized carbons (Fsp3) is 0.545. The second-order valence-electron chi connectivity index (χ2n) is 7.89. The number of guanidine groups is 1. The maximum Gasteiger partial charge on any atom is 0.193 e. The van der Waals surface area contributed by atoms with Crippen LogP contribution in [0.25, 0.3) is 0 Å². The fourth-order valence-electron chi connectivity index (χ4n) is 4.33. The third kappa shape index (κ3) is 4.52. The Labute approximate surface area is 163 Å². The van der Waals surface area contributed by atoms with Gasteiger partial charge in [0, 0.05) is 39.1 Å². The Morgan fingerprint density at radius 3 is 2.63 bits per heavy atom. The lowest BCUT2D eigenvalue weighted by molar-refractivity contribution is 0.189. The zero-order chi connectivity index (χ0) is 19.4. The minimum atomic E-state index is 0.446. The molecule has 27 heavy (non-hydrogen) atoms. The predicted molar refractivity (Wildman–Crippen MR) is 112 cm³/mol. The second-order valence-corrected chi connectivity index (χ2v) is 7.89. The average Bonchev–Trinajstić information content (AvgIpc) is 3.15. The standard InChI is InChI=1S/C22H33N5/c1-16-12-18(3)20(19(4)13-16)6-8-25-22(23-5)26-10-7-17(2)21(14-26)27-11-9-24-15-27/h9,11-13,15,17,21H,6-8,10,14H2,1-5H3,(H,23,25). The fourth-order valence-corrected chi connectivity index (χ4v) is 4.33. The summed E-state index contributed by atoms with van der Waals surface area (Å²) in [7, 11) is 1.88. The normalized spacial score (nSPS) is 20.8. The van der Waals surface area contributed by atoms with Crippen LogP contribution < -0.4 is 5.32 Å². The summed E-state index contributed by atoms with van der Waals surface area (Å²) < 4.78 is 2.24. The van der Waals surface area contributed by atoms with Crippen molar-refractivity contribution in [3.8, 4) is 0 Å². The molecule has 146 valence electrons. The molecule has 1 aromatic carbocycles. The van der Waals surface area contributed by atoms with Gasteiger partial charge in [-0.15, -0.1) is 0 Å². The first-order valence-electron chi connectivity index (χ1n) is 9.99. The van der Waals surface area contributed by atoms with Gasteiger partial charge in [-0.1, -0.05) is 24.6 Å².